The lowest BCUT2D eigenvalue weighted by atomic mass is 9.98. The van der Waals surface area contributed by atoms with Gasteiger partial charge in [-0.25, -0.2) is 9.59 Å². The fraction of sp³-hybridized carbons (Fsp3) is 0.0667. The molecule has 0 aliphatic rings. The molecule has 0 amide bonds. The standard InChI is InChI=1S/C15H10N2O2/c1-11-6-7-12(16-9-18)8-14(11)13-4-2-3-5-15(13)17-10-19/h2-8H,1H3. The highest BCUT2D eigenvalue weighted by atomic mass is 16.1. The van der Waals surface area contributed by atoms with Crippen LogP contribution in [0.5, 0.6) is 0 Å². The number of para-hydroxylation sites is 1. The Morgan fingerprint density at radius 1 is 0.895 bits per heavy atom. The number of nitrogens with zero attached hydrogens (tertiary/aromatic N) is 2. The van der Waals surface area contributed by atoms with Crippen LogP contribution in [-0.2, 0) is 9.59 Å². The van der Waals surface area contributed by atoms with Crippen molar-refractivity contribution in [2.45, 2.75) is 6.92 Å². The van der Waals surface area contributed by atoms with E-state index >= 15 is 0 Å². The molecule has 0 heterocycles. The molecular weight excluding hydrogens is 240 g/mol. The van der Waals surface area contributed by atoms with Crippen molar-refractivity contribution in [1.29, 1.82) is 0 Å². The Kier molecular flexibility index (Phi) is 3.79. The summed E-state index contributed by atoms with van der Waals surface area (Å²) < 4.78 is 0. The zero-order valence-corrected chi connectivity index (χ0v) is 10.3. The summed E-state index contributed by atoms with van der Waals surface area (Å²) in [6.07, 6.45) is 3.05. The molecule has 2 aromatic carbocycles. The smallest absolute Gasteiger partial charge is 0.211 e. The number of rotatable bonds is 3. The number of benzene rings is 2. The van der Waals surface area contributed by atoms with Crippen LogP contribution in [0.15, 0.2) is 52.4 Å². The van der Waals surface area contributed by atoms with E-state index in [4.69, 9.17) is 0 Å². The van der Waals surface area contributed by atoms with Crippen molar-refractivity contribution in [3.05, 3.63) is 48.0 Å². The molecule has 0 bridgehead atoms. The van der Waals surface area contributed by atoms with Gasteiger partial charge in [0.1, 0.15) is 0 Å². The molecule has 0 saturated carbocycles. The summed E-state index contributed by atoms with van der Waals surface area (Å²) in [6, 6.07) is 12.6. The molecule has 0 radical (unpaired) electrons. The van der Waals surface area contributed by atoms with E-state index < -0.39 is 0 Å². The first-order valence-electron chi connectivity index (χ1n) is 5.62. The summed E-state index contributed by atoms with van der Waals surface area (Å²) in [4.78, 5) is 28.0. The van der Waals surface area contributed by atoms with Crippen LogP contribution in [0.2, 0.25) is 0 Å². The Morgan fingerprint density at radius 3 is 2.37 bits per heavy atom. The van der Waals surface area contributed by atoms with Gasteiger partial charge >= 0.3 is 0 Å². The Bertz CT molecular complexity index is 710. The van der Waals surface area contributed by atoms with Gasteiger partial charge in [0, 0.05) is 5.56 Å². The number of aryl methyl sites for hydroxylation is 1. The molecule has 0 N–H and O–H groups in total. The summed E-state index contributed by atoms with van der Waals surface area (Å²) in [5.41, 5.74) is 3.71. The molecule has 0 spiro atoms. The molecule has 0 aromatic heterocycles. The second-order valence-corrected chi connectivity index (χ2v) is 3.92. The first-order valence-corrected chi connectivity index (χ1v) is 5.62. The third-order valence-electron chi connectivity index (χ3n) is 2.76. The maximum absolute atomic E-state index is 10.5. The van der Waals surface area contributed by atoms with Crippen molar-refractivity contribution in [1.82, 2.24) is 0 Å². The summed E-state index contributed by atoms with van der Waals surface area (Å²) in [5, 5.41) is 0. The molecule has 2 aromatic rings. The van der Waals surface area contributed by atoms with E-state index in [9.17, 15) is 9.59 Å². The zero-order valence-electron chi connectivity index (χ0n) is 10.3. The average Bonchev–Trinajstić information content (AvgIpc) is 2.42. The highest BCUT2D eigenvalue weighted by Crippen LogP contribution is 2.34. The highest BCUT2D eigenvalue weighted by Gasteiger charge is 2.07. The van der Waals surface area contributed by atoms with Crippen molar-refractivity contribution in [3.8, 4) is 11.1 Å². The van der Waals surface area contributed by atoms with Gasteiger partial charge in [0.05, 0.1) is 11.4 Å². The molecule has 0 saturated heterocycles. The Morgan fingerprint density at radius 2 is 1.63 bits per heavy atom. The van der Waals surface area contributed by atoms with E-state index in [1.54, 1.807) is 30.3 Å². The first kappa shape index (κ1) is 12.7. The van der Waals surface area contributed by atoms with Crippen molar-refractivity contribution in [3.63, 3.8) is 0 Å². The van der Waals surface area contributed by atoms with E-state index in [1.165, 1.54) is 6.08 Å². The monoisotopic (exact) mass is 250 g/mol. The molecule has 4 heteroatoms. The van der Waals surface area contributed by atoms with Gasteiger partial charge in [-0.2, -0.15) is 9.98 Å². The minimum Gasteiger partial charge on any atom is -0.211 e. The number of hydrogen-bond donors (Lipinski definition) is 0. The van der Waals surface area contributed by atoms with Gasteiger partial charge < -0.3 is 0 Å². The van der Waals surface area contributed by atoms with E-state index in [0.29, 0.717) is 11.4 Å². The normalized spacial score (nSPS) is 9.32. The van der Waals surface area contributed by atoms with Crippen LogP contribution in [0.1, 0.15) is 5.56 Å². The van der Waals surface area contributed by atoms with E-state index in [0.717, 1.165) is 16.7 Å². The predicted octanol–water partition coefficient (Wildman–Crippen LogP) is 3.60. The third kappa shape index (κ3) is 2.72. The Balaban J connectivity index is 2.67. The largest absolute Gasteiger partial charge is 0.240 e. The molecule has 0 aliphatic heterocycles. The molecule has 19 heavy (non-hydrogen) atoms. The molecule has 0 atom stereocenters. The number of aliphatic imine (C=N–C) groups is 2. The minimum atomic E-state index is 0.514. The molecular formula is C15H10N2O2. The second kappa shape index (κ2) is 5.69. The summed E-state index contributed by atoms with van der Waals surface area (Å²) >= 11 is 0. The van der Waals surface area contributed by atoms with Crippen molar-refractivity contribution >= 4 is 23.5 Å². The molecule has 0 unspecified atom stereocenters. The Hall–Kier alpha value is -2.80. The fourth-order valence-corrected chi connectivity index (χ4v) is 1.87. The minimum absolute atomic E-state index is 0.514. The van der Waals surface area contributed by atoms with E-state index in [1.807, 2.05) is 25.1 Å². The lowest BCUT2D eigenvalue weighted by Crippen LogP contribution is -1.84. The molecule has 0 fully saturated rings. The maximum Gasteiger partial charge on any atom is 0.240 e. The lowest BCUT2D eigenvalue weighted by molar-refractivity contribution is 0.564. The average molecular weight is 250 g/mol. The van der Waals surface area contributed by atoms with Crippen LogP contribution < -0.4 is 0 Å². The van der Waals surface area contributed by atoms with Gasteiger partial charge in [-0.05, 0) is 36.2 Å². The van der Waals surface area contributed by atoms with Gasteiger partial charge in [0.15, 0.2) is 0 Å². The number of hydrogen-bond acceptors (Lipinski definition) is 4. The predicted molar refractivity (Wildman–Crippen MR) is 72.2 cm³/mol. The zero-order chi connectivity index (χ0) is 13.7. The van der Waals surface area contributed by atoms with Gasteiger partial charge in [-0.3, -0.25) is 0 Å². The molecule has 0 aliphatic carbocycles. The molecule has 2 rings (SSSR count). The Labute approximate surface area is 110 Å². The fourth-order valence-electron chi connectivity index (χ4n) is 1.87. The van der Waals surface area contributed by atoms with Crippen molar-refractivity contribution < 1.29 is 9.59 Å². The van der Waals surface area contributed by atoms with E-state index in [-0.39, 0.29) is 0 Å². The SMILES string of the molecule is Cc1ccc(N=C=O)cc1-c1ccccc1N=C=O. The highest BCUT2D eigenvalue weighted by molar-refractivity contribution is 5.81. The molecule has 4 nitrogen and oxygen atoms in total. The summed E-state index contributed by atoms with van der Waals surface area (Å²) in [5.74, 6) is 0. The number of isocyanates is 2. The third-order valence-corrected chi connectivity index (χ3v) is 2.76. The van der Waals surface area contributed by atoms with Crippen LogP contribution in [-0.4, -0.2) is 12.2 Å². The summed E-state index contributed by atoms with van der Waals surface area (Å²) in [7, 11) is 0. The van der Waals surface area contributed by atoms with Gasteiger partial charge in [0.2, 0.25) is 12.2 Å². The number of carbonyl (C=O) groups excluding carboxylic acids is 2. The van der Waals surface area contributed by atoms with Gasteiger partial charge in [-0.15, -0.1) is 0 Å². The van der Waals surface area contributed by atoms with Crippen molar-refractivity contribution in [2.24, 2.45) is 9.98 Å². The van der Waals surface area contributed by atoms with Gasteiger partial charge in [-0.1, -0.05) is 24.3 Å². The first-order chi connectivity index (χ1) is 9.26. The quantitative estimate of drug-likeness (QED) is 0.617. The van der Waals surface area contributed by atoms with Crippen LogP contribution in [0.3, 0.4) is 0 Å². The van der Waals surface area contributed by atoms with Crippen LogP contribution >= 0.6 is 0 Å². The van der Waals surface area contributed by atoms with Crippen LogP contribution in [0.25, 0.3) is 11.1 Å². The van der Waals surface area contributed by atoms with E-state index in [2.05, 4.69) is 9.98 Å². The van der Waals surface area contributed by atoms with Crippen LogP contribution in [0.4, 0.5) is 11.4 Å². The van der Waals surface area contributed by atoms with Gasteiger partial charge in [0.25, 0.3) is 0 Å². The molecule has 92 valence electrons. The summed E-state index contributed by atoms with van der Waals surface area (Å²) in [6.45, 7) is 1.94. The van der Waals surface area contributed by atoms with Crippen LogP contribution in [0, 0.1) is 6.92 Å². The maximum atomic E-state index is 10.5. The lowest BCUT2D eigenvalue weighted by Gasteiger charge is -2.08. The topological polar surface area (TPSA) is 58.9 Å². The second-order valence-electron chi connectivity index (χ2n) is 3.92. The van der Waals surface area contributed by atoms with Crippen molar-refractivity contribution in [2.75, 3.05) is 0 Å².